The number of benzene rings is 1. The lowest BCUT2D eigenvalue weighted by atomic mass is 9.85. The molecule has 0 saturated carbocycles. The minimum absolute atomic E-state index is 0.0428. The average molecular weight is 331 g/mol. The number of imide groups is 1. The first-order chi connectivity index (χ1) is 10.8. The number of anilines is 1. The fourth-order valence-corrected chi connectivity index (χ4v) is 3.31. The molecular formula is C14H6F5NO3. The first kappa shape index (κ1) is 14.3. The number of rotatable bonds is 1. The fraction of sp³-hybridized carbons (Fsp3) is 0.286. The first-order valence-corrected chi connectivity index (χ1v) is 6.57. The maximum Gasteiger partial charge on any atom is 0.240 e. The van der Waals surface area contributed by atoms with Crippen LogP contribution in [0.3, 0.4) is 0 Å². The SMILES string of the molecule is O=C1[C@H]2[C@H](C(=O)N1c1c(F)c(F)c(F)c(F)c1F)[C@H]1C=C[C@H]2O1. The molecule has 0 spiro atoms. The van der Waals surface area contributed by atoms with Crippen molar-refractivity contribution in [3.8, 4) is 0 Å². The van der Waals surface area contributed by atoms with Gasteiger partial charge >= 0.3 is 0 Å². The van der Waals surface area contributed by atoms with E-state index in [1.165, 1.54) is 12.2 Å². The Labute approximate surface area is 125 Å². The summed E-state index contributed by atoms with van der Waals surface area (Å²) in [5.41, 5.74) is -1.54. The lowest BCUT2D eigenvalue weighted by Gasteiger charge is -2.19. The summed E-state index contributed by atoms with van der Waals surface area (Å²) in [6.07, 6.45) is 1.57. The van der Waals surface area contributed by atoms with Crippen LogP contribution in [0.2, 0.25) is 0 Å². The van der Waals surface area contributed by atoms with Crippen LogP contribution in [-0.4, -0.2) is 24.0 Å². The number of nitrogens with zero attached hydrogens (tertiary/aromatic N) is 1. The summed E-state index contributed by atoms with van der Waals surface area (Å²) in [6.45, 7) is 0. The second kappa shape index (κ2) is 4.38. The van der Waals surface area contributed by atoms with Gasteiger partial charge in [-0.3, -0.25) is 9.59 Å². The molecule has 3 heterocycles. The molecule has 2 bridgehead atoms. The fourth-order valence-electron chi connectivity index (χ4n) is 3.31. The van der Waals surface area contributed by atoms with Crippen molar-refractivity contribution in [3.05, 3.63) is 41.2 Å². The summed E-state index contributed by atoms with van der Waals surface area (Å²) in [7, 11) is 0. The average Bonchev–Trinajstić information content (AvgIpc) is 3.20. The van der Waals surface area contributed by atoms with Crippen LogP contribution in [0.1, 0.15) is 0 Å². The van der Waals surface area contributed by atoms with E-state index in [2.05, 4.69) is 0 Å². The minimum atomic E-state index is -2.35. The normalized spacial score (nSPS) is 31.4. The maximum absolute atomic E-state index is 13.9. The van der Waals surface area contributed by atoms with Crippen LogP contribution in [0.25, 0.3) is 0 Å². The minimum Gasteiger partial charge on any atom is -0.365 e. The topological polar surface area (TPSA) is 46.6 Å². The van der Waals surface area contributed by atoms with Crippen molar-refractivity contribution < 1.29 is 36.3 Å². The molecule has 23 heavy (non-hydrogen) atoms. The number of fused-ring (bicyclic) bond motifs is 5. The zero-order chi connectivity index (χ0) is 16.6. The largest absolute Gasteiger partial charge is 0.365 e. The molecule has 1 aromatic rings. The van der Waals surface area contributed by atoms with E-state index in [4.69, 9.17) is 4.74 Å². The van der Waals surface area contributed by atoms with Gasteiger partial charge in [0.25, 0.3) is 0 Å². The highest BCUT2D eigenvalue weighted by Crippen LogP contribution is 2.47. The molecule has 2 saturated heterocycles. The highest BCUT2D eigenvalue weighted by Gasteiger charge is 2.62. The van der Waals surface area contributed by atoms with Crippen LogP contribution in [0.15, 0.2) is 12.2 Å². The van der Waals surface area contributed by atoms with Crippen molar-refractivity contribution in [2.75, 3.05) is 4.90 Å². The van der Waals surface area contributed by atoms with Gasteiger partial charge in [0.05, 0.1) is 24.0 Å². The van der Waals surface area contributed by atoms with Gasteiger partial charge in [0.2, 0.25) is 17.6 Å². The Morgan fingerprint density at radius 2 is 1.13 bits per heavy atom. The summed E-state index contributed by atoms with van der Waals surface area (Å²) < 4.78 is 72.8. The number of halogens is 5. The van der Waals surface area contributed by atoms with Crippen LogP contribution >= 0.6 is 0 Å². The summed E-state index contributed by atoms with van der Waals surface area (Å²) in [4.78, 5) is 24.7. The predicted octanol–water partition coefficient (Wildman–Crippen LogP) is 1.82. The van der Waals surface area contributed by atoms with Crippen LogP contribution in [0.4, 0.5) is 27.6 Å². The van der Waals surface area contributed by atoms with Gasteiger partial charge in [0, 0.05) is 0 Å². The molecule has 3 aliphatic heterocycles. The molecule has 2 amide bonds. The van der Waals surface area contributed by atoms with Crippen molar-refractivity contribution in [1.82, 2.24) is 0 Å². The molecule has 3 aliphatic rings. The number of hydrogen-bond donors (Lipinski definition) is 0. The van der Waals surface area contributed by atoms with E-state index in [0.717, 1.165) is 0 Å². The van der Waals surface area contributed by atoms with Crippen LogP contribution in [-0.2, 0) is 14.3 Å². The maximum atomic E-state index is 13.9. The van der Waals surface area contributed by atoms with Gasteiger partial charge in [-0.1, -0.05) is 12.2 Å². The number of carbonyl (C=O) groups excluding carboxylic acids is 2. The Morgan fingerprint density at radius 3 is 1.57 bits per heavy atom. The molecular weight excluding hydrogens is 325 g/mol. The second-order valence-corrected chi connectivity index (χ2v) is 5.43. The van der Waals surface area contributed by atoms with Gasteiger partial charge < -0.3 is 4.74 Å². The van der Waals surface area contributed by atoms with E-state index in [-0.39, 0.29) is 4.90 Å². The number of carbonyl (C=O) groups is 2. The van der Waals surface area contributed by atoms with Gasteiger partial charge in [-0.05, 0) is 0 Å². The summed E-state index contributed by atoms with van der Waals surface area (Å²) >= 11 is 0. The molecule has 0 aromatic heterocycles. The Balaban J connectivity index is 1.88. The Morgan fingerprint density at radius 1 is 0.739 bits per heavy atom. The smallest absolute Gasteiger partial charge is 0.240 e. The summed E-state index contributed by atoms with van der Waals surface area (Å²) in [5, 5.41) is 0. The molecule has 9 heteroatoms. The highest BCUT2D eigenvalue weighted by molar-refractivity contribution is 6.23. The molecule has 4 atom stereocenters. The Hall–Kier alpha value is -2.29. The van der Waals surface area contributed by atoms with E-state index in [1.54, 1.807) is 0 Å². The third-order valence-electron chi connectivity index (χ3n) is 4.32. The van der Waals surface area contributed by atoms with Crippen molar-refractivity contribution in [2.45, 2.75) is 12.2 Å². The van der Waals surface area contributed by atoms with Gasteiger partial charge in [0.15, 0.2) is 23.3 Å². The predicted molar refractivity (Wildman–Crippen MR) is 63.5 cm³/mol. The first-order valence-electron chi connectivity index (χ1n) is 6.57. The zero-order valence-corrected chi connectivity index (χ0v) is 11.0. The van der Waals surface area contributed by atoms with Gasteiger partial charge in [0.1, 0.15) is 5.69 Å². The lowest BCUT2D eigenvalue weighted by molar-refractivity contribution is -0.124. The molecule has 2 fully saturated rings. The molecule has 120 valence electrons. The molecule has 1 aromatic carbocycles. The third-order valence-corrected chi connectivity index (χ3v) is 4.32. The lowest BCUT2D eigenvalue weighted by Crippen LogP contribution is -2.36. The van der Waals surface area contributed by atoms with E-state index in [1.807, 2.05) is 0 Å². The molecule has 0 N–H and O–H groups in total. The standard InChI is InChI=1S/C14H6F5NO3/c15-7-8(16)10(18)12(11(19)9(7)17)20-13(21)5-3-1-2-4(23-3)6(5)14(20)22/h1-6H/t3-,4-,5-,6-/m1/s1. The van der Waals surface area contributed by atoms with Gasteiger partial charge in [-0.25, -0.2) is 26.9 Å². The Bertz CT molecular complexity index is 749. The molecule has 4 rings (SSSR count). The van der Waals surface area contributed by atoms with Crippen molar-refractivity contribution in [1.29, 1.82) is 0 Å². The summed E-state index contributed by atoms with van der Waals surface area (Å²) in [6, 6.07) is 0. The number of ether oxygens (including phenoxy) is 1. The molecule has 0 unspecified atom stereocenters. The van der Waals surface area contributed by atoms with Crippen molar-refractivity contribution in [2.24, 2.45) is 11.8 Å². The summed E-state index contributed by atoms with van der Waals surface area (Å²) in [5.74, 6) is -15.3. The molecule has 4 nitrogen and oxygen atoms in total. The quantitative estimate of drug-likeness (QED) is 0.259. The van der Waals surface area contributed by atoms with Gasteiger partial charge in [-0.2, -0.15) is 0 Å². The second-order valence-electron chi connectivity index (χ2n) is 5.43. The van der Waals surface area contributed by atoms with E-state index >= 15 is 0 Å². The van der Waals surface area contributed by atoms with Crippen LogP contribution in [0.5, 0.6) is 0 Å². The van der Waals surface area contributed by atoms with Gasteiger partial charge in [-0.15, -0.1) is 0 Å². The monoisotopic (exact) mass is 331 g/mol. The number of amides is 2. The third kappa shape index (κ3) is 1.57. The van der Waals surface area contributed by atoms with Crippen molar-refractivity contribution >= 4 is 17.5 Å². The van der Waals surface area contributed by atoms with Crippen molar-refractivity contribution in [3.63, 3.8) is 0 Å². The van der Waals surface area contributed by atoms with E-state index in [0.29, 0.717) is 0 Å². The molecule has 0 aliphatic carbocycles. The zero-order valence-electron chi connectivity index (χ0n) is 11.0. The Kier molecular flexibility index (Phi) is 2.72. The van der Waals surface area contributed by atoms with E-state index in [9.17, 15) is 31.5 Å². The van der Waals surface area contributed by atoms with E-state index < -0.39 is 70.6 Å². The highest BCUT2D eigenvalue weighted by atomic mass is 19.2. The van der Waals surface area contributed by atoms with Crippen LogP contribution in [0, 0.1) is 40.9 Å². The van der Waals surface area contributed by atoms with Crippen LogP contribution < -0.4 is 4.90 Å². The molecule has 0 radical (unpaired) electrons. The number of hydrogen-bond acceptors (Lipinski definition) is 3.